The van der Waals surface area contributed by atoms with Crippen LogP contribution in [0.3, 0.4) is 0 Å². The van der Waals surface area contributed by atoms with Crippen molar-refractivity contribution in [1.82, 2.24) is 5.32 Å². The highest BCUT2D eigenvalue weighted by atomic mass is 16.5. The number of hydrogen-bond donors (Lipinski definition) is 3. The number of amides is 1. The third-order valence-corrected chi connectivity index (χ3v) is 5.43. The van der Waals surface area contributed by atoms with Crippen LogP contribution in [0.2, 0.25) is 0 Å². The molecule has 1 amide bonds. The van der Waals surface area contributed by atoms with Crippen LogP contribution in [-0.2, 0) is 11.3 Å². The van der Waals surface area contributed by atoms with E-state index in [1.54, 1.807) is 19.1 Å². The topological polar surface area (TPSA) is 56.4 Å². The van der Waals surface area contributed by atoms with Crippen LogP contribution in [0.4, 0.5) is 0 Å². The summed E-state index contributed by atoms with van der Waals surface area (Å²) in [4.78, 5) is 15.5. The minimum absolute atomic E-state index is 0.164. The minimum atomic E-state index is -0.171. The molecule has 0 unspecified atom stereocenters. The normalized spacial score (nSPS) is 20.2. The summed E-state index contributed by atoms with van der Waals surface area (Å²) >= 11 is 0. The summed E-state index contributed by atoms with van der Waals surface area (Å²) < 4.78 is 10.7. The Morgan fingerprint density at radius 3 is 2.10 bits per heavy atom. The number of nitrogens with one attached hydrogen (secondary N) is 3. The van der Waals surface area contributed by atoms with E-state index in [1.807, 2.05) is 6.07 Å². The summed E-state index contributed by atoms with van der Waals surface area (Å²) in [5.41, 5.74) is 1.28. The van der Waals surface area contributed by atoms with E-state index in [4.69, 9.17) is 9.47 Å². The van der Waals surface area contributed by atoms with Crippen molar-refractivity contribution in [3.05, 3.63) is 23.8 Å². The average Bonchev–Trinajstić information content (AvgIpc) is 2.60. The molecule has 164 valence electrons. The van der Waals surface area contributed by atoms with Crippen LogP contribution in [0, 0.1) is 5.41 Å². The van der Waals surface area contributed by atoms with Gasteiger partial charge in [0.05, 0.1) is 14.2 Å². The molecule has 29 heavy (non-hydrogen) atoms. The average molecular weight is 408 g/mol. The SMILES string of the molecule is COc1ccc(C[NH+]2CC[NH+](CC(=O)NC(C)(C)CC(C)(C)C)CC2)cc1OC. The molecule has 0 aromatic heterocycles. The molecule has 1 heterocycles. The number of piperazine rings is 1. The standard InChI is InChI=1S/C23H39N3O3/c1-22(2,3)17-23(4,5)24-21(27)16-26-12-10-25(11-13-26)15-18-8-9-19(28-6)20(14-18)29-7/h8-9,14H,10-13,15-17H2,1-7H3,(H,24,27)/p+2. The van der Waals surface area contributed by atoms with Gasteiger partial charge in [0.2, 0.25) is 0 Å². The van der Waals surface area contributed by atoms with E-state index in [1.165, 1.54) is 10.5 Å². The van der Waals surface area contributed by atoms with Crippen molar-refractivity contribution in [1.29, 1.82) is 0 Å². The van der Waals surface area contributed by atoms with Gasteiger partial charge in [0.15, 0.2) is 18.0 Å². The van der Waals surface area contributed by atoms with E-state index in [-0.39, 0.29) is 16.9 Å². The second-order valence-electron chi connectivity index (χ2n) is 10.2. The molecule has 1 aromatic rings. The summed E-state index contributed by atoms with van der Waals surface area (Å²) in [6.07, 6.45) is 0.963. The first kappa shape index (κ1) is 23.5. The Balaban J connectivity index is 1.80. The number of carbonyl (C=O) groups excluding carboxylic acids is 1. The lowest BCUT2D eigenvalue weighted by molar-refractivity contribution is -1.02. The van der Waals surface area contributed by atoms with E-state index in [0.717, 1.165) is 50.6 Å². The van der Waals surface area contributed by atoms with E-state index in [2.05, 4.69) is 52.1 Å². The Bertz CT molecular complexity index is 674. The number of benzene rings is 1. The Morgan fingerprint density at radius 2 is 1.55 bits per heavy atom. The smallest absolute Gasteiger partial charge is 0.275 e. The van der Waals surface area contributed by atoms with Crippen molar-refractivity contribution in [3.8, 4) is 11.5 Å². The molecule has 0 saturated carbocycles. The first-order chi connectivity index (χ1) is 13.5. The molecule has 6 heteroatoms. The molecule has 1 aliphatic heterocycles. The van der Waals surface area contributed by atoms with Crippen molar-refractivity contribution in [3.63, 3.8) is 0 Å². The zero-order valence-corrected chi connectivity index (χ0v) is 19.4. The largest absolute Gasteiger partial charge is 0.493 e. The van der Waals surface area contributed by atoms with Gasteiger partial charge in [0, 0.05) is 11.1 Å². The molecular weight excluding hydrogens is 366 g/mol. The van der Waals surface area contributed by atoms with Crippen LogP contribution in [-0.4, -0.2) is 58.4 Å². The molecule has 0 radical (unpaired) electrons. The molecule has 1 aromatic carbocycles. The quantitative estimate of drug-likeness (QED) is 0.582. The number of quaternary nitrogens is 2. The second-order valence-corrected chi connectivity index (χ2v) is 10.2. The molecule has 0 spiro atoms. The molecule has 6 nitrogen and oxygen atoms in total. The fourth-order valence-corrected chi connectivity index (χ4v) is 4.61. The number of hydrogen-bond acceptors (Lipinski definition) is 3. The van der Waals surface area contributed by atoms with Crippen molar-refractivity contribution >= 4 is 5.91 Å². The van der Waals surface area contributed by atoms with Crippen LogP contribution < -0.4 is 24.6 Å². The summed E-state index contributed by atoms with van der Waals surface area (Å²) in [5.74, 6) is 1.71. The molecule has 0 atom stereocenters. The fourth-order valence-electron chi connectivity index (χ4n) is 4.61. The first-order valence-corrected chi connectivity index (χ1v) is 10.7. The Hall–Kier alpha value is -1.79. The van der Waals surface area contributed by atoms with Crippen molar-refractivity contribution in [2.75, 3.05) is 46.9 Å². The van der Waals surface area contributed by atoms with Gasteiger partial charge in [-0.2, -0.15) is 0 Å². The molecule has 1 aliphatic rings. The lowest BCUT2D eigenvalue weighted by Gasteiger charge is -2.34. The zero-order valence-electron chi connectivity index (χ0n) is 19.4. The maximum atomic E-state index is 12.6. The predicted molar refractivity (Wildman–Crippen MR) is 116 cm³/mol. The minimum Gasteiger partial charge on any atom is -0.493 e. The van der Waals surface area contributed by atoms with Gasteiger partial charge < -0.3 is 24.6 Å². The van der Waals surface area contributed by atoms with Crippen molar-refractivity contribution in [2.24, 2.45) is 5.41 Å². The highest BCUT2D eigenvalue weighted by molar-refractivity contribution is 5.77. The first-order valence-electron chi connectivity index (χ1n) is 10.7. The van der Waals surface area contributed by atoms with Crippen LogP contribution in [0.15, 0.2) is 18.2 Å². The van der Waals surface area contributed by atoms with E-state index in [0.29, 0.717) is 6.54 Å². The van der Waals surface area contributed by atoms with Gasteiger partial charge in [-0.25, -0.2) is 0 Å². The molecule has 0 bridgehead atoms. The van der Waals surface area contributed by atoms with E-state index in [9.17, 15) is 4.79 Å². The third-order valence-electron chi connectivity index (χ3n) is 5.43. The number of methoxy groups -OCH3 is 2. The lowest BCUT2D eigenvalue weighted by Crippen LogP contribution is -3.28. The number of carbonyl (C=O) groups is 1. The Labute approximate surface area is 176 Å². The van der Waals surface area contributed by atoms with Gasteiger partial charge in [-0.3, -0.25) is 4.79 Å². The fraction of sp³-hybridized carbons (Fsp3) is 0.696. The Kier molecular flexibility index (Phi) is 7.94. The van der Waals surface area contributed by atoms with Crippen LogP contribution in [0.1, 0.15) is 46.6 Å². The molecular formula is C23H41N3O3+2. The zero-order chi connectivity index (χ0) is 21.7. The number of ether oxygens (including phenoxy) is 2. The van der Waals surface area contributed by atoms with Gasteiger partial charge in [-0.15, -0.1) is 0 Å². The summed E-state index contributed by atoms with van der Waals surface area (Å²) in [5, 5.41) is 3.24. The van der Waals surface area contributed by atoms with Gasteiger partial charge in [0.1, 0.15) is 32.7 Å². The summed E-state index contributed by atoms with van der Waals surface area (Å²) in [7, 11) is 3.33. The van der Waals surface area contributed by atoms with Gasteiger partial charge in [-0.1, -0.05) is 20.8 Å². The Morgan fingerprint density at radius 1 is 0.966 bits per heavy atom. The highest BCUT2D eigenvalue weighted by Gasteiger charge is 2.30. The molecule has 2 rings (SSSR count). The lowest BCUT2D eigenvalue weighted by atomic mass is 9.82. The van der Waals surface area contributed by atoms with Gasteiger partial charge >= 0.3 is 0 Å². The van der Waals surface area contributed by atoms with E-state index >= 15 is 0 Å². The van der Waals surface area contributed by atoms with Crippen molar-refractivity contribution in [2.45, 2.75) is 53.1 Å². The maximum Gasteiger partial charge on any atom is 0.275 e. The molecule has 0 aliphatic carbocycles. The predicted octanol–water partition coefficient (Wildman–Crippen LogP) is 0.318. The molecule has 3 N–H and O–H groups in total. The number of rotatable bonds is 8. The van der Waals surface area contributed by atoms with Gasteiger partial charge in [0.25, 0.3) is 5.91 Å². The summed E-state index contributed by atoms with van der Waals surface area (Å²) in [6, 6.07) is 6.15. The molecule has 1 saturated heterocycles. The van der Waals surface area contributed by atoms with E-state index < -0.39 is 0 Å². The monoisotopic (exact) mass is 407 g/mol. The van der Waals surface area contributed by atoms with Crippen molar-refractivity contribution < 1.29 is 24.1 Å². The summed E-state index contributed by atoms with van der Waals surface area (Å²) in [6.45, 7) is 16.6. The second kappa shape index (κ2) is 9.81. The maximum absolute atomic E-state index is 12.6. The van der Waals surface area contributed by atoms with Gasteiger partial charge in [-0.05, 0) is 43.9 Å². The highest BCUT2D eigenvalue weighted by Crippen LogP contribution is 2.27. The van der Waals surface area contributed by atoms with Crippen LogP contribution in [0.25, 0.3) is 0 Å². The van der Waals surface area contributed by atoms with Crippen LogP contribution >= 0.6 is 0 Å². The molecule has 1 fully saturated rings. The third kappa shape index (κ3) is 7.86. The van der Waals surface area contributed by atoms with Crippen LogP contribution in [0.5, 0.6) is 11.5 Å².